The molecule has 1 aliphatic heterocycles. The molecule has 0 bridgehead atoms. The van der Waals surface area contributed by atoms with Gasteiger partial charge in [-0.15, -0.1) is 24.0 Å². The lowest BCUT2D eigenvalue weighted by atomic mass is 10.2. The highest BCUT2D eigenvalue weighted by molar-refractivity contribution is 14.0. The van der Waals surface area contributed by atoms with E-state index in [0.717, 1.165) is 64.3 Å². The predicted octanol–water partition coefficient (Wildman–Crippen LogP) is 2.73. The Morgan fingerprint density at radius 1 is 1.19 bits per heavy atom. The molecular formula is C20H35IN4O2. The van der Waals surface area contributed by atoms with Gasteiger partial charge in [-0.2, -0.15) is 0 Å². The van der Waals surface area contributed by atoms with Gasteiger partial charge in [0, 0.05) is 32.7 Å². The van der Waals surface area contributed by atoms with Gasteiger partial charge in [0.1, 0.15) is 5.75 Å². The normalized spacial score (nSPS) is 15.3. The summed E-state index contributed by atoms with van der Waals surface area (Å²) in [5.74, 6) is 2.31. The van der Waals surface area contributed by atoms with E-state index in [9.17, 15) is 0 Å². The molecule has 1 heterocycles. The molecule has 1 aromatic carbocycles. The molecule has 0 saturated carbocycles. The molecule has 6 nitrogen and oxygen atoms in total. The number of nitrogens with zero attached hydrogens (tertiary/aromatic N) is 2. The van der Waals surface area contributed by atoms with E-state index in [1.807, 2.05) is 12.1 Å². The third kappa shape index (κ3) is 10.2. The first-order valence-corrected chi connectivity index (χ1v) is 9.71. The molecule has 0 spiro atoms. The Balaban J connectivity index is 0.00000364. The molecule has 0 unspecified atom stereocenters. The number of nitrogens with one attached hydrogen (secondary N) is 2. The predicted molar refractivity (Wildman–Crippen MR) is 122 cm³/mol. The molecular weight excluding hydrogens is 455 g/mol. The molecule has 1 fully saturated rings. The smallest absolute Gasteiger partial charge is 0.191 e. The summed E-state index contributed by atoms with van der Waals surface area (Å²) in [5, 5.41) is 6.72. The molecule has 154 valence electrons. The van der Waals surface area contributed by atoms with Crippen LogP contribution in [0.1, 0.15) is 26.3 Å². The summed E-state index contributed by atoms with van der Waals surface area (Å²) in [6.45, 7) is 14.2. The van der Waals surface area contributed by atoms with Crippen LogP contribution in [0.3, 0.4) is 0 Å². The minimum absolute atomic E-state index is 0. The van der Waals surface area contributed by atoms with Crippen LogP contribution in [0.5, 0.6) is 5.75 Å². The third-order valence-electron chi connectivity index (χ3n) is 4.09. The van der Waals surface area contributed by atoms with Crippen molar-refractivity contribution in [2.75, 3.05) is 52.5 Å². The van der Waals surface area contributed by atoms with Gasteiger partial charge in [0.15, 0.2) is 5.96 Å². The molecule has 0 aromatic heterocycles. The third-order valence-corrected chi connectivity index (χ3v) is 4.09. The minimum atomic E-state index is 0. The van der Waals surface area contributed by atoms with Gasteiger partial charge >= 0.3 is 0 Å². The number of hydrogen-bond acceptors (Lipinski definition) is 4. The lowest BCUT2D eigenvalue weighted by Gasteiger charge is -2.26. The summed E-state index contributed by atoms with van der Waals surface area (Å²) in [5.41, 5.74) is 1.17. The van der Waals surface area contributed by atoms with Crippen LogP contribution in [0.25, 0.3) is 0 Å². The molecule has 2 N–H and O–H groups in total. The van der Waals surface area contributed by atoms with Gasteiger partial charge < -0.3 is 20.1 Å². The highest BCUT2D eigenvalue weighted by Crippen LogP contribution is 2.13. The van der Waals surface area contributed by atoms with Crippen LogP contribution >= 0.6 is 24.0 Å². The van der Waals surface area contributed by atoms with E-state index in [1.165, 1.54) is 5.56 Å². The molecule has 7 heteroatoms. The second-order valence-corrected chi connectivity index (χ2v) is 6.92. The van der Waals surface area contributed by atoms with Crippen LogP contribution in [0.2, 0.25) is 0 Å². The number of rotatable bonds is 9. The molecule has 1 aromatic rings. The van der Waals surface area contributed by atoms with Gasteiger partial charge in [-0.3, -0.25) is 4.90 Å². The first kappa shape index (κ1) is 24.0. The Bertz CT molecular complexity index is 531. The Labute approximate surface area is 181 Å². The van der Waals surface area contributed by atoms with E-state index >= 15 is 0 Å². The van der Waals surface area contributed by atoms with Gasteiger partial charge in [-0.1, -0.05) is 26.0 Å². The van der Waals surface area contributed by atoms with E-state index in [1.54, 1.807) is 0 Å². The maximum Gasteiger partial charge on any atom is 0.191 e. The number of morpholine rings is 1. The molecule has 0 aliphatic carbocycles. The summed E-state index contributed by atoms with van der Waals surface area (Å²) in [6, 6.07) is 8.20. The summed E-state index contributed by atoms with van der Waals surface area (Å²) in [4.78, 5) is 7.09. The zero-order valence-electron chi connectivity index (χ0n) is 16.9. The summed E-state index contributed by atoms with van der Waals surface area (Å²) >= 11 is 0. The van der Waals surface area contributed by atoms with Crippen molar-refractivity contribution in [1.82, 2.24) is 15.5 Å². The van der Waals surface area contributed by atoms with E-state index in [-0.39, 0.29) is 24.0 Å². The fourth-order valence-corrected chi connectivity index (χ4v) is 2.62. The van der Waals surface area contributed by atoms with Crippen LogP contribution in [-0.4, -0.2) is 63.4 Å². The van der Waals surface area contributed by atoms with Crippen molar-refractivity contribution in [2.45, 2.75) is 27.3 Å². The van der Waals surface area contributed by atoms with Crippen molar-refractivity contribution < 1.29 is 9.47 Å². The van der Waals surface area contributed by atoms with Gasteiger partial charge in [-0.05, 0) is 30.5 Å². The first-order chi connectivity index (χ1) is 12.7. The Morgan fingerprint density at radius 2 is 1.89 bits per heavy atom. The summed E-state index contributed by atoms with van der Waals surface area (Å²) < 4.78 is 11.1. The summed E-state index contributed by atoms with van der Waals surface area (Å²) in [7, 11) is 0. The molecule has 2 rings (SSSR count). The van der Waals surface area contributed by atoms with Crippen molar-refractivity contribution in [3.8, 4) is 5.75 Å². The van der Waals surface area contributed by atoms with E-state index in [2.05, 4.69) is 53.4 Å². The van der Waals surface area contributed by atoms with Crippen molar-refractivity contribution in [1.29, 1.82) is 0 Å². The second-order valence-electron chi connectivity index (χ2n) is 6.92. The molecule has 1 saturated heterocycles. The Kier molecular flexibility index (Phi) is 12.4. The maximum atomic E-state index is 5.72. The van der Waals surface area contributed by atoms with Crippen LogP contribution < -0.4 is 15.4 Å². The van der Waals surface area contributed by atoms with Crippen LogP contribution in [0, 0.1) is 5.92 Å². The zero-order valence-corrected chi connectivity index (χ0v) is 19.2. The Morgan fingerprint density at radius 3 is 2.52 bits per heavy atom. The zero-order chi connectivity index (χ0) is 18.6. The quantitative estimate of drug-likeness (QED) is 0.317. The highest BCUT2D eigenvalue weighted by atomic mass is 127. The van der Waals surface area contributed by atoms with E-state index < -0.39 is 0 Å². The van der Waals surface area contributed by atoms with Crippen molar-refractivity contribution in [2.24, 2.45) is 10.9 Å². The van der Waals surface area contributed by atoms with Gasteiger partial charge in [0.2, 0.25) is 0 Å². The van der Waals surface area contributed by atoms with E-state index in [0.29, 0.717) is 12.5 Å². The number of benzene rings is 1. The van der Waals surface area contributed by atoms with Crippen molar-refractivity contribution in [3.05, 3.63) is 29.8 Å². The average Bonchev–Trinajstić information content (AvgIpc) is 2.66. The number of halogens is 1. The largest absolute Gasteiger partial charge is 0.493 e. The standard InChI is InChI=1S/C20H34N4O2.HI/c1-4-21-20(22-9-10-24-11-13-25-14-12-24)23-15-18-5-7-19(8-6-18)26-16-17(2)3;/h5-8,17H,4,9-16H2,1-3H3,(H2,21,22,23);1H. The van der Waals surface area contributed by atoms with Gasteiger partial charge in [0.05, 0.1) is 26.4 Å². The topological polar surface area (TPSA) is 58.1 Å². The fraction of sp³-hybridized carbons (Fsp3) is 0.650. The van der Waals surface area contributed by atoms with E-state index in [4.69, 9.17) is 9.47 Å². The minimum Gasteiger partial charge on any atom is -0.493 e. The Hall–Kier alpha value is -1.06. The lowest BCUT2D eigenvalue weighted by molar-refractivity contribution is 0.0389. The SMILES string of the molecule is CCNC(=NCc1ccc(OCC(C)C)cc1)NCCN1CCOCC1.I. The fourth-order valence-electron chi connectivity index (χ4n) is 2.62. The van der Waals surface area contributed by atoms with Crippen molar-refractivity contribution in [3.63, 3.8) is 0 Å². The second kappa shape index (κ2) is 14.0. The number of ether oxygens (including phenoxy) is 2. The molecule has 1 aliphatic rings. The van der Waals surface area contributed by atoms with Gasteiger partial charge in [-0.25, -0.2) is 4.99 Å². The van der Waals surface area contributed by atoms with Crippen LogP contribution in [0.4, 0.5) is 0 Å². The molecule has 27 heavy (non-hydrogen) atoms. The average molecular weight is 490 g/mol. The highest BCUT2D eigenvalue weighted by Gasteiger charge is 2.09. The van der Waals surface area contributed by atoms with Crippen molar-refractivity contribution >= 4 is 29.9 Å². The number of aliphatic imine (C=N–C) groups is 1. The number of hydrogen-bond donors (Lipinski definition) is 2. The summed E-state index contributed by atoms with van der Waals surface area (Å²) in [6.07, 6.45) is 0. The number of guanidine groups is 1. The molecule has 0 atom stereocenters. The molecule has 0 radical (unpaired) electrons. The monoisotopic (exact) mass is 490 g/mol. The molecule has 0 amide bonds. The lowest BCUT2D eigenvalue weighted by Crippen LogP contribution is -2.44. The van der Waals surface area contributed by atoms with Crippen LogP contribution in [0.15, 0.2) is 29.3 Å². The van der Waals surface area contributed by atoms with Gasteiger partial charge in [0.25, 0.3) is 0 Å². The maximum absolute atomic E-state index is 5.72. The first-order valence-electron chi connectivity index (χ1n) is 9.71. The van der Waals surface area contributed by atoms with Crippen LogP contribution in [-0.2, 0) is 11.3 Å².